The second kappa shape index (κ2) is 5.23. The Morgan fingerprint density at radius 1 is 1.10 bits per heavy atom. The Morgan fingerprint density at radius 2 is 1.80 bits per heavy atom. The molecule has 20 heavy (non-hydrogen) atoms. The minimum atomic E-state index is 0.0256. The highest BCUT2D eigenvalue weighted by Crippen LogP contribution is 2.41. The van der Waals surface area contributed by atoms with Crippen LogP contribution in [0.15, 0.2) is 40.9 Å². The van der Waals surface area contributed by atoms with E-state index in [9.17, 15) is 0 Å². The Balaban J connectivity index is 1.98. The molecular formula is C17H18BrNO. The first-order chi connectivity index (χ1) is 9.52. The van der Waals surface area contributed by atoms with Crippen molar-refractivity contribution in [3.05, 3.63) is 63.1 Å². The molecule has 2 aromatic carbocycles. The quantitative estimate of drug-likeness (QED) is 0.829. The first-order valence-corrected chi connectivity index (χ1v) is 7.62. The highest BCUT2D eigenvalue weighted by Gasteiger charge is 2.27. The van der Waals surface area contributed by atoms with Crippen molar-refractivity contribution in [2.75, 3.05) is 0 Å². The van der Waals surface area contributed by atoms with E-state index >= 15 is 0 Å². The number of rotatable bonds is 1. The van der Waals surface area contributed by atoms with Gasteiger partial charge in [-0.25, -0.2) is 0 Å². The van der Waals surface area contributed by atoms with Gasteiger partial charge in [-0.15, -0.1) is 0 Å². The number of benzene rings is 2. The Kier molecular flexibility index (Phi) is 3.57. The van der Waals surface area contributed by atoms with Gasteiger partial charge in [0.05, 0.1) is 0 Å². The number of ether oxygens (including phenoxy) is 1. The van der Waals surface area contributed by atoms with E-state index in [1.165, 1.54) is 16.7 Å². The van der Waals surface area contributed by atoms with Crippen LogP contribution < -0.4 is 10.5 Å². The average Bonchev–Trinajstić information content (AvgIpc) is 2.36. The molecule has 2 unspecified atom stereocenters. The Morgan fingerprint density at radius 3 is 2.50 bits per heavy atom. The Bertz CT molecular complexity index is 633. The van der Waals surface area contributed by atoms with Gasteiger partial charge < -0.3 is 10.5 Å². The fraction of sp³-hybridized carbons (Fsp3) is 0.294. The summed E-state index contributed by atoms with van der Waals surface area (Å²) in [5.41, 5.74) is 11.1. The van der Waals surface area contributed by atoms with Crippen molar-refractivity contribution in [1.29, 1.82) is 0 Å². The molecule has 2 nitrogen and oxygen atoms in total. The summed E-state index contributed by atoms with van der Waals surface area (Å²) in [7, 11) is 0. The van der Waals surface area contributed by atoms with E-state index < -0.39 is 0 Å². The third-order valence-corrected chi connectivity index (χ3v) is 4.22. The molecule has 0 saturated heterocycles. The molecular weight excluding hydrogens is 314 g/mol. The van der Waals surface area contributed by atoms with E-state index in [2.05, 4.69) is 48.0 Å². The summed E-state index contributed by atoms with van der Waals surface area (Å²) in [5.74, 6) is 0.891. The summed E-state index contributed by atoms with van der Waals surface area (Å²) in [5, 5.41) is 0. The van der Waals surface area contributed by atoms with Gasteiger partial charge in [0.2, 0.25) is 0 Å². The van der Waals surface area contributed by atoms with Gasteiger partial charge in [-0.1, -0.05) is 51.3 Å². The van der Waals surface area contributed by atoms with E-state index in [0.29, 0.717) is 0 Å². The van der Waals surface area contributed by atoms with Gasteiger partial charge in [0.25, 0.3) is 0 Å². The minimum Gasteiger partial charge on any atom is -0.485 e. The summed E-state index contributed by atoms with van der Waals surface area (Å²) in [4.78, 5) is 0. The third-order valence-electron chi connectivity index (χ3n) is 3.73. The van der Waals surface area contributed by atoms with Crippen molar-refractivity contribution >= 4 is 15.9 Å². The lowest BCUT2D eigenvalue weighted by molar-refractivity contribution is 0.161. The molecule has 104 valence electrons. The lowest BCUT2D eigenvalue weighted by Gasteiger charge is -2.31. The molecule has 3 rings (SSSR count). The molecule has 2 aromatic rings. The van der Waals surface area contributed by atoms with Crippen molar-refractivity contribution in [3.63, 3.8) is 0 Å². The molecule has 0 fully saturated rings. The Labute approximate surface area is 128 Å². The zero-order chi connectivity index (χ0) is 14.3. The van der Waals surface area contributed by atoms with Crippen LogP contribution in [-0.4, -0.2) is 0 Å². The van der Waals surface area contributed by atoms with E-state index in [1.807, 2.05) is 18.2 Å². The summed E-state index contributed by atoms with van der Waals surface area (Å²) >= 11 is 3.49. The van der Waals surface area contributed by atoms with Crippen LogP contribution in [0.5, 0.6) is 5.75 Å². The molecule has 2 atom stereocenters. The summed E-state index contributed by atoms with van der Waals surface area (Å²) in [6.07, 6.45) is 0.850. The zero-order valence-electron chi connectivity index (χ0n) is 11.7. The van der Waals surface area contributed by atoms with Crippen molar-refractivity contribution < 1.29 is 4.74 Å². The zero-order valence-corrected chi connectivity index (χ0v) is 13.3. The molecule has 0 aliphatic carbocycles. The molecule has 1 aliphatic heterocycles. The van der Waals surface area contributed by atoms with Gasteiger partial charge in [-0.2, -0.15) is 0 Å². The van der Waals surface area contributed by atoms with Crippen molar-refractivity contribution in [2.24, 2.45) is 5.73 Å². The van der Waals surface area contributed by atoms with Gasteiger partial charge in [-0.3, -0.25) is 0 Å². The van der Waals surface area contributed by atoms with Crippen molar-refractivity contribution in [1.82, 2.24) is 0 Å². The highest BCUT2D eigenvalue weighted by molar-refractivity contribution is 9.10. The normalized spacial score (nSPS) is 21.2. The maximum atomic E-state index is 6.30. The van der Waals surface area contributed by atoms with E-state index in [4.69, 9.17) is 10.5 Å². The predicted octanol–water partition coefficient (Wildman–Crippen LogP) is 4.59. The first-order valence-electron chi connectivity index (χ1n) is 6.83. The topological polar surface area (TPSA) is 35.2 Å². The third kappa shape index (κ3) is 2.60. The molecule has 0 amide bonds. The summed E-state index contributed by atoms with van der Waals surface area (Å²) in [6.45, 7) is 4.23. The first kappa shape index (κ1) is 13.7. The number of aryl methyl sites for hydroxylation is 2. The molecule has 2 N–H and O–H groups in total. The van der Waals surface area contributed by atoms with Gasteiger partial charge in [0, 0.05) is 22.5 Å². The van der Waals surface area contributed by atoms with E-state index in [1.54, 1.807) is 0 Å². The van der Waals surface area contributed by atoms with Gasteiger partial charge in [0.15, 0.2) is 0 Å². The molecule has 0 bridgehead atoms. The van der Waals surface area contributed by atoms with Crippen LogP contribution in [0.3, 0.4) is 0 Å². The second-order valence-corrected chi connectivity index (χ2v) is 6.47. The van der Waals surface area contributed by atoms with Crippen LogP contribution >= 0.6 is 15.9 Å². The number of hydrogen-bond acceptors (Lipinski definition) is 2. The standard InChI is InChI=1S/C17H18BrNO/c1-10-5-11(2)7-12(6-10)16-9-15(19)14-4-3-13(18)8-17(14)20-16/h3-8,15-16H,9,19H2,1-2H3. The van der Waals surface area contributed by atoms with Gasteiger partial charge >= 0.3 is 0 Å². The lowest BCUT2D eigenvalue weighted by atomic mass is 9.92. The van der Waals surface area contributed by atoms with Crippen molar-refractivity contribution in [2.45, 2.75) is 32.4 Å². The lowest BCUT2D eigenvalue weighted by Crippen LogP contribution is -2.24. The van der Waals surface area contributed by atoms with Gasteiger partial charge in [-0.05, 0) is 31.5 Å². The fourth-order valence-corrected chi connectivity index (χ4v) is 3.22. The van der Waals surface area contributed by atoms with Crippen LogP contribution in [0.2, 0.25) is 0 Å². The van der Waals surface area contributed by atoms with Crippen LogP contribution in [-0.2, 0) is 0 Å². The van der Waals surface area contributed by atoms with Crippen LogP contribution in [0.1, 0.15) is 40.8 Å². The van der Waals surface area contributed by atoms with Crippen LogP contribution in [0.4, 0.5) is 0 Å². The van der Waals surface area contributed by atoms with E-state index in [0.717, 1.165) is 22.2 Å². The largest absolute Gasteiger partial charge is 0.485 e. The second-order valence-electron chi connectivity index (χ2n) is 5.55. The molecule has 3 heteroatoms. The predicted molar refractivity (Wildman–Crippen MR) is 85.0 cm³/mol. The number of nitrogens with two attached hydrogens (primary N) is 1. The number of fused-ring (bicyclic) bond motifs is 1. The minimum absolute atomic E-state index is 0.0256. The van der Waals surface area contributed by atoms with Gasteiger partial charge in [0.1, 0.15) is 11.9 Å². The molecule has 1 aliphatic rings. The smallest absolute Gasteiger partial charge is 0.126 e. The van der Waals surface area contributed by atoms with Crippen LogP contribution in [0, 0.1) is 13.8 Å². The molecule has 1 heterocycles. The molecule has 0 saturated carbocycles. The van der Waals surface area contributed by atoms with E-state index in [-0.39, 0.29) is 12.1 Å². The van der Waals surface area contributed by atoms with Crippen molar-refractivity contribution in [3.8, 4) is 5.75 Å². The monoisotopic (exact) mass is 331 g/mol. The molecule has 0 radical (unpaired) electrons. The molecule has 0 aromatic heterocycles. The van der Waals surface area contributed by atoms with Crippen LogP contribution in [0.25, 0.3) is 0 Å². The maximum Gasteiger partial charge on any atom is 0.126 e. The fourth-order valence-electron chi connectivity index (χ4n) is 2.88. The summed E-state index contributed by atoms with van der Waals surface area (Å²) in [6, 6.07) is 12.6. The SMILES string of the molecule is Cc1cc(C)cc(C2CC(N)c3ccc(Br)cc3O2)c1. The highest BCUT2D eigenvalue weighted by atomic mass is 79.9. The number of hydrogen-bond donors (Lipinski definition) is 1. The Hall–Kier alpha value is -1.32. The summed E-state index contributed by atoms with van der Waals surface area (Å²) < 4.78 is 7.19. The average molecular weight is 332 g/mol. The maximum absolute atomic E-state index is 6.30. The number of halogens is 1. The molecule has 0 spiro atoms.